The Balaban J connectivity index is 1.88. The molecule has 1 aromatic rings. The standard InChI is InChI=1S/C12H21N3OS2/c1-8(2)6-13-7-10-14-12(15-16-10)11-9(3)17-4-5-18-11/h8-9,11,13H,4-7H2,1-3H3. The lowest BCUT2D eigenvalue weighted by Gasteiger charge is -2.24. The van der Waals surface area contributed by atoms with E-state index in [1.165, 1.54) is 11.5 Å². The van der Waals surface area contributed by atoms with Crippen molar-refractivity contribution in [2.45, 2.75) is 37.8 Å². The summed E-state index contributed by atoms with van der Waals surface area (Å²) in [6.07, 6.45) is 0. The van der Waals surface area contributed by atoms with Gasteiger partial charge in [-0.2, -0.15) is 16.7 Å². The molecule has 1 fully saturated rings. The van der Waals surface area contributed by atoms with Crippen LogP contribution in [-0.4, -0.2) is 33.4 Å². The van der Waals surface area contributed by atoms with E-state index in [4.69, 9.17) is 4.52 Å². The van der Waals surface area contributed by atoms with E-state index < -0.39 is 0 Å². The van der Waals surface area contributed by atoms with Crippen LogP contribution in [0.4, 0.5) is 0 Å². The smallest absolute Gasteiger partial charge is 0.240 e. The van der Waals surface area contributed by atoms with Gasteiger partial charge < -0.3 is 9.84 Å². The molecule has 2 atom stereocenters. The molecule has 0 bridgehead atoms. The van der Waals surface area contributed by atoms with Crippen LogP contribution in [0.15, 0.2) is 4.52 Å². The lowest BCUT2D eigenvalue weighted by Crippen LogP contribution is -2.19. The zero-order valence-corrected chi connectivity index (χ0v) is 12.8. The van der Waals surface area contributed by atoms with Crippen molar-refractivity contribution in [3.8, 4) is 0 Å². The quantitative estimate of drug-likeness (QED) is 0.898. The van der Waals surface area contributed by atoms with Crippen LogP contribution in [0.5, 0.6) is 0 Å². The van der Waals surface area contributed by atoms with Gasteiger partial charge in [0.25, 0.3) is 0 Å². The molecule has 2 heterocycles. The number of nitrogens with one attached hydrogen (secondary N) is 1. The highest BCUT2D eigenvalue weighted by Crippen LogP contribution is 2.40. The minimum absolute atomic E-state index is 0.381. The zero-order chi connectivity index (χ0) is 13.0. The second kappa shape index (κ2) is 6.82. The van der Waals surface area contributed by atoms with Crippen molar-refractivity contribution in [2.75, 3.05) is 18.1 Å². The number of hydrogen-bond acceptors (Lipinski definition) is 6. The topological polar surface area (TPSA) is 51.0 Å². The third kappa shape index (κ3) is 3.90. The van der Waals surface area contributed by atoms with Crippen molar-refractivity contribution >= 4 is 23.5 Å². The Morgan fingerprint density at radius 2 is 2.17 bits per heavy atom. The lowest BCUT2D eigenvalue weighted by atomic mass is 10.2. The minimum atomic E-state index is 0.381. The Kier molecular flexibility index (Phi) is 5.38. The maximum Gasteiger partial charge on any atom is 0.240 e. The monoisotopic (exact) mass is 287 g/mol. The van der Waals surface area contributed by atoms with E-state index in [1.54, 1.807) is 0 Å². The molecule has 0 aromatic carbocycles. The van der Waals surface area contributed by atoms with Crippen molar-refractivity contribution in [1.29, 1.82) is 0 Å². The first kappa shape index (κ1) is 14.2. The van der Waals surface area contributed by atoms with Crippen LogP contribution in [-0.2, 0) is 6.54 Å². The van der Waals surface area contributed by atoms with Gasteiger partial charge in [-0.1, -0.05) is 25.9 Å². The fraction of sp³-hybridized carbons (Fsp3) is 0.833. The highest BCUT2D eigenvalue weighted by molar-refractivity contribution is 8.06. The van der Waals surface area contributed by atoms with Gasteiger partial charge in [0.2, 0.25) is 5.89 Å². The normalized spacial score (nSPS) is 24.7. The molecule has 18 heavy (non-hydrogen) atoms. The fourth-order valence-corrected chi connectivity index (χ4v) is 4.52. The molecule has 1 aliphatic rings. The molecular weight excluding hydrogens is 266 g/mol. The van der Waals surface area contributed by atoms with Crippen molar-refractivity contribution in [2.24, 2.45) is 5.92 Å². The van der Waals surface area contributed by atoms with Crippen LogP contribution in [0.2, 0.25) is 0 Å². The first-order chi connectivity index (χ1) is 8.66. The molecule has 0 saturated carbocycles. The van der Waals surface area contributed by atoms with Crippen LogP contribution in [0.3, 0.4) is 0 Å². The highest BCUT2D eigenvalue weighted by Gasteiger charge is 2.28. The molecule has 2 unspecified atom stereocenters. The minimum Gasteiger partial charge on any atom is -0.338 e. The SMILES string of the molecule is CC(C)CNCc1nc(C2SCCSC2C)no1. The van der Waals surface area contributed by atoms with Gasteiger partial charge in [-0.15, -0.1) is 11.8 Å². The van der Waals surface area contributed by atoms with Crippen molar-refractivity contribution in [1.82, 2.24) is 15.5 Å². The summed E-state index contributed by atoms with van der Waals surface area (Å²) in [5, 5.41) is 8.40. The second-order valence-electron chi connectivity index (χ2n) is 4.94. The average Bonchev–Trinajstić information content (AvgIpc) is 2.78. The molecule has 4 nitrogen and oxygen atoms in total. The van der Waals surface area contributed by atoms with Gasteiger partial charge >= 0.3 is 0 Å². The number of hydrogen-bond donors (Lipinski definition) is 1. The highest BCUT2D eigenvalue weighted by atomic mass is 32.2. The van der Waals surface area contributed by atoms with Gasteiger partial charge in [-0.25, -0.2) is 0 Å². The van der Waals surface area contributed by atoms with E-state index >= 15 is 0 Å². The molecule has 0 radical (unpaired) electrons. The molecular formula is C12H21N3OS2. The number of aromatic nitrogens is 2. The molecule has 1 saturated heterocycles. The van der Waals surface area contributed by atoms with Gasteiger partial charge in [0.05, 0.1) is 11.8 Å². The van der Waals surface area contributed by atoms with Gasteiger partial charge in [-0.05, 0) is 12.5 Å². The van der Waals surface area contributed by atoms with Gasteiger partial charge in [0.15, 0.2) is 5.82 Å². The molecule has 1 N–H and O–H groups in total. The van der Waals surface area contributed by atoms with E-state index in [0.29, 0.717) is 28.9 Å². The molecule has 1 aliphatic heterocycles. The molecule has 0 spiro atoms. The Labute approximate surface area is 117 Å². The van der Waals surface area contributed by atoms with E-state index in [1.807, 2.05) is 23.5 Å². The summed E-state index contributed by atoms with van der Waals surface area (Å²) in [4.78, 5) is 4.51. The number of thioether (sulfide) groups is 2. The second-order valence-corrected chi connectivity index (χ2v) is 7.67. The van der Waals surface area contributed by atoms with Gasteiger partial charge in [0.1, 0.15) is 0 Å². The van der Waals surface area contributed by atoms with Crippen molar-refractivity contribution < 1.29 is 4.52 Å². The first-order valence-electron chi connectivity index (χ1n) is 6.43. The third-order valence-corrected chi connectivity index (χ3v) is 5.84. The predicted octanol–water partition coefficient (Wildman–Crippen LogP) is 2.72. The zero-order valence-electron chi connectivity index (χ0n) is 11.2. The molecule has 0 aliphatic carbocycles. The van der Waals surface area contributed by atoms with Crippen LogP contribution in [0, 0.1) is 5.92 Å². The van der Waals surface area contributed by atoms with E-state index in [2.05, 4.69) is 36.2 Å². The molecule has 0 amide bonds. The molecule has 1 aromatic heterocycles. The maximum absolute atomic E-state index is 5.30. The average molecular weight is 287 g/mol. The van der Waals surface area contributed by atoms with Crippen molar-refractivity contribution in [3.63, 3.8) is 0 Å². The summed E-state index contributed by atoms with van der Waals surface area (Å²) in [7, 11) is 0. The van der Waals surface area contributed by atoms with E-state index in [9.17, 15) is 0 Å². The summed E-state index contributed by atoms with van der Waals surface area (Å²) < 4.78 is 5.30. The Hall–Kier alpha value is -0.200. The lowest BCUT2D eigenvalue weighted by molar-refractivity contribution is 0.359. The summed E-state index contributed by atoms with van der Waals surface area (Å²) in [5.74, 6) is 4.60. The van der Waals surface area contributed by atoms with Crippen LogP contribution < -0.4 is 5.32 Å². The van der Waals surface area contributed by atoms with E-state index in [0.717, 1.165) is 12.4 Å². The fourth-order valence-electron chi connectivity index (χ4n) is 1.84. The van der Waals surface area contributed by atoms with Crippen LogP contribution in [0.25, 0.3) is 0 Å². The Morgan fingerprint density at radius 3 is 2.89 bits per heavy atom. The molecule has 102 valence electrons. The van der Waals surface area contributed by atoms with Crippen LogP contribution in [0.1, 0.15) is 37.7 Å². The van der Waals surface area contributed by atoms with Gasteiger partial charge in [0, 0.05) is 16.8 Å². The summed E-state index contributed by atoms with van der Waals surface area (Å²) >= 11 is 3.93. The number of nitrogens with zero attached hydrogens (tertiary/aromatic N) is 2. The number of rotatable bonds is 5. The third-order valence-electron chi connectivity index (χ3n) is 2.75. The molecule has 2 rings (SSSR count). The predicted molar refractivity (Wildman–Crippen MR) is 78.0 cm³/mol. The maximum atomic E-state index is 5.30. The van der Waals surface area contributed by atoms with Gasteiger partial charge in [-0.3, -0.25) is 0 Å². The largest absolute Gasteiger partial charge is 0.338 e. The van der Waals surface area contributed by atoms with Crippen molar-refractivity contribution in [3.05, 3.63) is 11.7 Å². The van der Waals surface area contributed by atoms with E-state index in [-0.39, 0.29) is 0 Å². The Morgan fingerprint density at radius 1 is 1.39 bits per heavy atom. The van der Waals surface area contributed by atoms with Crippen LogP contribution >= 0.6 is 23.5 Å². The Bertz CT molecular complexity index is 370. The summed E-state index contributed by atoms with van der Waals surface area (Å²) in [6.45, 7) is 8.26. The summed E-state index contributed by atoms with van der Waals surface area (Å²) in [5.41, 5.74) is 0. The first-order valence-corrected chi connectivity index (χ1v) is 8.53. The molecule has 6 heteroatoms. The summed E-state index contributed by atoms with van der Waals surface area (Å²) in [6, 6.07) is 0.